The zero-order valence-electron chi connectivity index (χ0n) is 19.0. The molecule has 0 aliphatic carbocycles. The number of hydrogen-bond donors (Lipinski definition) is 2. The third-order valence-corrected chi connectivity index (χ3v) is 5.06. The fraction of sp³-hybridized carbons (Fsp3) is 0.231. The highest BCUT2D eigenvalue weighted by atomic mass is 19.4. The van der Waals surface area contributed by atoms with Gasteiger partial charge in [0.25, 0.3) is 5.91 Å². The normalized spacial score (nSPS) is 12.0. The van der Waals surface area contributed by atoms with Gasteiger partial charge < -0.3 is 20.1 Å². The molecule has 0 aliphatic heterocycles. The Morgan fingerprint density at radius 1 is 0.914 bits per heavy atom. The number of methoxy groups -OCH3 is 1. The molecule has 2 amide bonds. The third-order valence-electron chi connectivity index (χ3n) is 5.06. The summed E-state index contributed by atoms with van der Waals surface area (Å²) in [4.78, 5) is 25.7. The Hall–Kier alpha value is -3.85. The van der Waals surface area contributed by atoms with Crippen LogP contribution in [0.1, 0.15) is 33.9 Å². The summed E-state index contributed by atoms with van der Waals surface area (Å²) in [6.45, 7) is 0.306. The number of ether oxygens (including phenoxy) is 2. The van der Waals surface area contributed by atoms with E-state index in [2.05, 4.69) is 10.6 Å². The Bertz CT molecular complexity index is 1120. The minimum Gasteiger partial charge on any atom is -0.489 e. The molecule has 3 aromatic carbocycles. The number of alkyl halides is 3. The predicted octanol–water partition coefficient (Wildman–Crippen LogP) is 5.23. The van der Waals surface area contributed by atoms with E-state index in [9.17, 15) is 22.8 Å². The van der Waals surface area contributed by atoms with E-state index in [1.807, 2.05) is 0 Å². The maximum absolute atomic E-state index is 13.3. The van der Waals surface area contributed by atoms with Gasteiger partial charge in [-0.05, 0) is 35.9 Å². The van der Waals surface area contributed by atoms with E-state index in [0.29, 0.717) is 11.1 Å². The van der Waals surface area contributed by atoms with E-state index >= 15 is 0 Å². The first-order valence-electron chi connectivity index (χ1n) is 10.8. The van der Waals surface area contributed by atoms with Crippen molar-refractivity contribution in [3.05, 3.63) is 95.6 Å². The van der Waals surface area contributed by atoms with Gasteiger partial charge in [-0.2, -0.15) is 13.2 Å². The van der Waals surface area contributed by atoms with Gasteiger partial charge in [0.15, 0.2) is 0 Å². The molecule has 0 radical (unpaired) electrons. The van der Waals surface area contributed by atoms with Gasteiger partial charge in [0, 0.05) is 12.7 Å². The van der Waals surface area contributed by atoms with Crippen molar-refractivity contribution in [2.75, 3.05) is 25.6 Å². The number of nitrogens with one attached hydrogen (secondary N) is 2. The largest absolute Gasteiger partial charge is 0.489 e. The summed E-state index contributed by atoms with van der Waals surface area (Å²) in [7, 11) is 1.46. The van der Waals surface area contributed by atoms with E-state index in [1.54, 1.807) is 60.7 Å². The van der Waals surface area contributed by atoms with Crippen LogP contribution >= 0.6 is 0 Å². The Labute approximate surface area is 201 Å². The summed E-state index contributed by atoms with van der Waals surface area (Å²) in [5, 5.41) is 5.34. The molecule has 0 aliphatic rings. The zero-order valence-corrected chi connectivity index (χ0v) is 19.0. The van der Waals surface area contributed by atoms with E-state index in [4.69, 9.17) is 9.47 Å². The molecule has 1 atom stereocenters. The molecule has 3 aromatic rings. The highest BCUT2D eigenvalue weighted by Gasteiger charge is 2.31. The van der Waals surface area contributed by atoms with Gasteiger partial charge in [-0.15, -0.1) is 0 Å². The van der Waals surface area contributed by atoms with Crippen LogP contribution in [0.4, 0.5) is 18.9 Å². The fourth-order valence-electron chi connectivity index (χ4n) is 3.32. The van der Waals surface area contributed by atoms with Crippen molar-refractivity contribution >= 4 is 17.5 Å². The summed E-state index contributed by atoms with van der Waals surface area (Å²) in [5.41, 5.74) is 0.0408. The van der Waals surface area contributed by atoms with Crippen LogP contribution in [-0.2, 0) is 15.7 Å². The summed E-state index contributed by atoms with van der Waals surface area (Å²) < 4.78 is 50.2. The molecule has 0 saturated carbocycles. The monoisotopic (exact) mass is 486 g/mol. The summed E-state index contributed by atoms with van der Waals surface area (Å²) in [6.07, 6.45) is -4.81. The van der Waals surface area contributed by atoms with Crippen LogP contribution in [-0.4, -0.2) is 32.1 Å². The molecule has 184 valence electrons. The lowest BCUT2D eigenvalue weighted by Crippen LogP contribution is -2.31. The number of carbonyl (C=O) groups is 2. The Morgan fingerprint density at radius 3 is 2.20 bits per heavy atom. The molecule has 6 nitrogen and oxygen atoms in total. The maximum Gasteiger partial charge on any atom is 0.416 e. The number of hydrogen-bond acceptors (Lipinski definition) is 4. The van der Waals surface area contributed by atoms with Crippen molar-refractivity contribution in [3.8, 4) is 5.75 Å². The number of anilines is 1. The SMILES string of the molecule is COCCOc1ccc(C(F)(F)F)cc1NC(=O)C[C@@H](NC(=O)c1ccccc1)c1ccccc1. The highest BCUT2D eigenvalue weighted by molar-refractivity contribution is 5.96. The Morgan fingerprint density at radius 2 is 1.57 bits per heavy atom. The van der Waals surface area contributed by atoms with Crippen LogP contribution in [0, 0.1) is 0 Å². The van der Waals surface area contributed by atoms with Crippen molar-refractivity contribution in [2.45, 2.75) is 18.6 Å². The number of benzene rings is 3. The first-order chi connectivity index (χ1) is 16.8. The molecule has 2 N–H and O–H groups in total. The minimum absolute atomic E-state index is 0.0768. The van der Waals surface area contributed by atoms with E-state index in [0.717, 1.165) is 18.2 Å². The van der Waals surface area contributed by atoms with Gasteiger partial charge in [-0.3, -0.25) is 9.59 Å². The van der Waals surface area contributed by atoms with Crippen molar-refractivity contribution in [3.63, 3.8) is 0 Å². The van der Waals surface area contributed by atoms with Crippen molar-refractivity contribution in [1.29, 1.82) is 0 Å². The fourth-order valence-corrected chi connectivity index (χ4v) is 3.32. The number of halogens is 3. The summed E-state index contributed by atoms with van der Waals surface area (Å²) in [6, 6.07) is 19.5. The molecule has 0 saturated heterocycles. The van der Waals surface area contributed by atoms with Gasteiger partial charge in [0.05, 0.1) is 30.3 Å². The highest BCUT2D eigenvalue weighted by Crippen LogP contribution is 2.35. The standard InChI is InChI=1S/C26H25F3N2O4/c1-34-14-15-35-23-13-12-20(26(27,28)29)16-22(23)30-24(32)17-21(18-8-4-2-5-9-18)31-25(33)19-10-6-3-7-11-19/h2-13,16,21H,14-15,17H2,1H3,(H,30,32)(H,31,33)/t21-/m1/s1. The molecule has 3 rings (SSSR count). The van der Waals surface area contributed by atoms with E-state index in [-0.39, 0.29) is 37.0 Å². The lowest BCUT2D eigenvalue weighted by atomic mass is 10.0. The Balaban J connectivity index is 1.81. The minimum atomic E-state index is -4.60. The van der Waals surface area contributed by atoms with Crippen LogP contribution in [0.3, 0.4) is 0 Å². The van der Waals surface area contributed by atoms with Crippen LogP contribution in [0.2, 0.25) is 0 Å². The molecular formula is C26H25F3N2O4. The van der Waals surface area contributed by atoms with Gasteiger partial charge in [-0.1, -0.05) is 48.5 Å². The second-order valence-corrected chi connectivity index (χ2v) is 7.61. The van der Waals surface area contributed by atoms with Crippen LogP contribution in [0.15, 0.2) is 78.9 Å². The lowest BCUT2D eigenvalue weighted by Gasteiger charge is -2.20. The molecule has 0 aromatic heterocycles. The van der Waals surface area contributed by atoms with Gasteiger partial charge >= 0.3 is 6.18 Å². The number of carbonyl (C=O) groups excluding carboxylic acids is 2. The van der Waals surface area contributed by atoms with Crippen molar-refractivity contribution < 1.29 is 32.2 Å². The lowest BCUT2D eigenvalue weighted by molar-refractivity contribution is -0.137. The molecule has 0 heterocycles. The average Bonchev–Trinajstić information content (AvgIpc) is 2.85. The summed E-state index contributed by atoms with van der Waals surface area (Å²) in [5.74, 6) is -0.897. The van der Waals surface area contributed by atoms with Crippen LogP contribution in [0.25, 0.3) is 0 Å². The van der Waals surface area contributed by atoms with Gasteiger partial charge in [0.2, 0.25) is 5.91 Å². The Kier molecular flexibility index (Phi) is 8.86. The van der Waals surface area contributed by atoms with E-state index in [1.165, 1.54) is 7.11 Å². The quantitative estimate of drug-likeness (QED) is 0.385. The molecular weight excluding hydrogens is 461 g/mol. The predicted molar refractivity (Wildman–Crippen MR) is 125 cm³/mol. The second kappa shape index (κ2) is 12.0. The number of amides is 2. The van der Waals surface area contributed by atoms with Gasteiger partial charge in [0.1, 0.15) is 12.4 Å². The second-order valence-electron chi connectivity index (χ2n) is 7.61. The molecule has 0 unspecified atom stereocenters. The van der Waals surface area contributed by atoms with Crippen molar-refractivity contribution in [2.24, 2.45) is 0 Å². The number of rotatable bonds is 10. The van der Waals surface area contributed by atoms with Crippen LogP contribution < -0.4 is 15.4 Å². The topological polar surface area (TPSA) is 76.7 Å². The van der Waals surface area contributed by atoms with E-state index < -0.39 is 23.7 Å². The maximum atomic E-state index is 13.3. The third kappa shape index (κ3) is 7.58. The smallest absolute Gasteiger partial charge is 0.416 e. The average molecular weight is 486 g/mol. The van der Waals surface area contributed by atoms with Crippen LogP contribution in [0.5, 0.6) is 5.75 Å². The molecule has 9 heteroatoms. The molecule has 0 fully saturated rings. The molecule has 0 bridgehead atoms. The van der Waals surface area contributed by atoms with Crippen molar-refractivity contribution in [1.82, 2.24) is 5.32 Å². The van der Waals surface area contributed by atoms with Gasteiger partial charge in [-0.25, -0.2) is 0 Å². The summed E-state index contributed by atoms with van der Waals surface area (Å²) >= 11 is 0. The zero-order chi connectivity index (χ0) is 25.3. The molecule has 35 heavy (non-hydrogen) atoms. The first-order valence-corrected chi connectivity index (χ1v) is 10.8. The first kappa shape index (κ1) is 25.8. The molecule has 0 spiro atoms.